The van der Waals surface area contributed by atoms with Crippen molar-refractivity contribution < 1.29 is 9.18 Å². The molecule has 7 heteroatoms. The maximum absolute atomic E-state index is 13.5. The number of urea groups is 1. The van der Waals surface area contributed by atoms with Crippen LogP contribution in [0.5, 0.6) is 0 Å². The number of amides is 2. The zero-order valence-electron chi connectivity index (χ0n) is 16.4. The van der Waals surface area contributed by atoms with Gasteiger partial charge in [-0.2, -0.15) is 0 Å². The molecule has 2 heterocycles. The zero-order valence-corrected chi connectivity index (χ0v) is 17.9. The molecule has 0 unspecified atom stereocenters. The number of carbonyl (C=O) groups excluding carboxylic acids is 1. The summed E-state index contributed by atoms with van der Waals surface area (Å²) in [5.74, 6) is -0.260. The van der Waals surface area contributed by atoms with Gasteiger partial charge in [0.25, 0.3) is 0 Å². The highest BCUT2D eigenvalue weighted by Gasteiger charge is 2.47. The van der Waals surface area contributed by atoms with Crippen LogP contribution in [-0.4, -0.2) is 54.0 Å². The predicted octanol–water partition coefficient (Wildman–Crippen LogP) is 4.99. The average molecular weight is 436 g/mol. The lowest BCUT2D eigenvalue weighted by Gasteiger charge is -2.47. The molecule has 2 amide bonds. The third-order valence-corrected chi connectivity index (χ3v) is 6.54. The van der Waals surface area contributed by atoms with E-state index in [9.17, 15) is 9.18 Å². The highest BCUT2D eigenvalue weighted by Crippen LogP contribution is 2.41. The second-order valence-corrected chi connectivity index (χ2v) is 8.85. The van der Waals surface area contributed by atoms with Crippen molar-refractivity contribution in [1.82, 2.24) is 14.7 Å². The second-order valence-electron chi connectivity index (χ2n) is 7.98. The van der Waals surface area contributed by atoms with E-state index in [2.05, 4.69) is 11.9 Å². The number of halogens is 3. The van der Waals surface area contributed by atoms with Gasteiger partial charge in [-0.25, -0.2) is 9.18 Å². The Morgan fingerprint density at radius 2 is 1.59 bits per heavy atom. The van der Waals surface area contributed by atoms with Gasteiger partial charge in [-0.3, -0.25) is 0 Å². The molecule has 0 aromatic heterocycles. The molecule has 0 bridgehead atoms. The van der Waals surface area contributed by atoms with Gasteiger partial charge in [0, 0.05) is 42.8 Å². The standard InChI is InChI=1S/C22H24Cl2FN3O/c1-26-8-6-22(7-9-26,17-2-4-20(25)5-3-17)28-11-10-27(21(28)29)15-16-12-18(23)14-19(24)13-16/h2-5,12-14H,6-11,15H2,1H3. The van der Waals surface area contributed by atoms with E-state index in [-0.39, 0.29) is 11.8 Å². The maximum atomic E-state index is 13.5. The number of hydrogen-bond acceptors (Lipinski definition) is 2. The molecule has 0 radical (unpaired) electrons. The van der Waals surface area contributed by atoms with E-state index >= 15 is 0 Å². The number of nitrogens with zero attached hydrogens (tertiary/aromatic N) is 3. The SMILES string of the molecule is CN1CCC(c2ccc(F)cc2)(N2CCN(Cc3cc(Cl)cc(Cl)c3)C2=O)CC1. The first kappa shape index (κ1) is 20.5. The lowest BCUT2D eigenvalue weighted by molar-refractivity contribution is 0.0620. The number of carbonyl (C=O) groups is 1. The van der Waals surface area contributed by atoms with Gasteiger partial charge < -0.3 is 14.7 Å². The van der Waals surface area contributed by atoms with E-state index in [1.54, 1.807) is 6.07 Å². The topological polar surface area (TPSA) is 26.8 Å². The maximum Gasteiger partial charge on any atom is 0.321 e. The van der Waals surface area contributed by atoms with Crippen LogP contribution in [0.3, 0.4) is 0 Å². The summed E-state index contributed by atoms with van der Waals surface area (Å²) in [6.07, 6.45) is 1.66. The molecule has 0 atom stereocenters. The highest BCUT2D eigenvalue weighted by molar-refractivity contribution is 6.34. The molecule has 2 aliphatic rings. The summed E-state index contributed by atoms with van der Waals surface area (Å²) in [6.45, 7) is 3.54. The number of hydrogen-bond donors (Lipinski definition) is 0. The minimum atomic E-state index is -0.405. The van der Waals surface area contributed by atoms with Crippen LogP contribution in [0, 0.1) is 5.82 Å². The number of likely N-dealkylation sites (tertiary alicyclic amines) is 1. The third-order valence-electron chi connectivity index (χ3n) is 6.10. The first-order valence-corrected chi connectivity index (χ1v) is 10.6. The van der Waals surface area contributed by atoms with Crippen LogP contribution in [-0.2, 0) is 12.1 Å². The van der Waals surface area contributed by atoms with Gasteiger partial charge in [0.05, 0.1) is 5.54 Å². The number of benzene rings is 2. The normalized spacial score (nSPS) is 19.8. The molecule has 0 saturated carbocycles. The molecule has 2 aromatic carbocycles. The van der Waals surface area contributed by atoms with E-state index in [0.29, 0.717) is 29.7 Å². The third kappa shape index (κ3) is 4.09. The molecule has 154 valence electrons. The Kier molecular flexibility index (Phi) is 5.74. The van der Waals surface area contributed by atoms with Crippen molar-refractivity contribution >= 4 is 29.2 Å². The Bertz CT molecular complexity index is 877. The fourth-order valence-electron chi connectivity index (χ4n) is 4.51. The molecule has 4 nitrogen and oxygen atoms in total. The van der Waals surface area contributed by atoms with Gasteiger partial charge in [0.1, 0.15) is 5.82 Å². The molecule has 2 fully saturated rings. The van der Waals surface area contributed by atoms with E-state index in [0.717, 1.165) is 37.1 Å². The average Bonchev–Trinajstić information content (AvgIpc) is 3.03. The fraction of sp³-hybridized carbons (Fsp3) is 0.409. The summed E-state index contributed by atoms with van der Waals surface area (Å²) in [4.78, 5) is 19.5. The Morgan fingerprint density at radius 1 is 0.966 bits per heavy atom. The summed E-state index contributed by atoms with van der Waals surface area (Å²) in [5.41, 5.74) is 1.52. The van der Waals surface area contributed by atoms with Crippen LogP contribution in [0.4, 0.5) is 9.18 Å². The van der Waals surface area contributed by atoms with Gasteiger partial charge in [0.2, 0.25) is 0 Å². The van der Waals surface area contributed by atoms with Gasteiger partial charge in [-0.15, -0.1) is 0 Å². The van der Waals surface area contributed by atoms with Gasteiger partial charge in [-0.1, -0.05) is 35.3 Å². The lowest BCUT2D eigenvalue weighted by Crippen LogP contribution is -2.53. The number of piperidine rings is 1. The number of rotatable bonds is 4. The van der Waals surface area contributed by atoms with E-state index in [1.807, 2.05) is 34.1 Å². The Hall–Kier alpha value is -1.82. The molecule has 2 saturated heterocycles. The molecule has 2 aromatic rings. The molecular weight excluding hydrogens is 412 g/mol. The van der Waals surface area contributed by atoms with Crippen LogP contribution < -0.4 is 0 Å². The first-order chi connectivity index (χ1) is 13.9. The van der Waals surface area contributed by atoms with Crippen molar-refractivity contribution in [3.05, 3.63) is 69.5 Å². The van der Waals surface area contributed by atoms with E-state index in [4.69, 9.17) is 23.2 Å². The Balaban J connectivity index is 1.60. The van der Waals surface area contributed by atoms with Crippen LogP contribution >= 0.6 is 23.2 Å². The Labute approximate surface area is 180 Å². The van der Waals surface area contributed by atoms with Gasteiger partial charge in [0.15, 0.2) is 0 Å². The smallest absolute Gasteiger partial charge is 0.319 e. The van der Waals surface area contributed by atoms with Crippen molar-refractivity contribution in [2.45, 2.75) is 24.9 Å². The van der Waals surface area contributed by atoms with Crippen LogP contribution in [0.1, 0.15) is 24.0 Å². The van der Waals surface area contributed by atoms with Crippen molar-refractivity contribution in [2.75, 3.05) is 33.2 Å². The lowest BCUT2D eigenvalue weighted by atomic mass is 9.79. The Morgan fingerprint density at radius 3 is 2.21 bits per heavy atom. The summed E-state index contributed by atoms with van der Waals surface area (Å²) < 4.78 is 13.5. The summed E-state index contributed by atoms with van der Waals surface area (Å²) >= 11 is 12.2. The van der Waals surface area contributed by atoms with Crippen LogP contribution in [0.25, 0.3) is 0 Å². The van der Waals surface area contributed by atoms with Crippen molar-refractivity contribution in [3.63, 3.8) is 0 Å². The van der Waals surface area contributed by atoms with E-state index < -0.39 is 5.54 Å². The summed E-state index contributed by atoms with van der Waals surface area (Å²) in [7, 11) is 2.09. The monoisotopic (exact) mass is 435 g/mol. The minimum Gasteiger partial charge on any atom is -0.319 e. The van der Waals surface area contributed by atoms with Crippen LogP contribution in [0.2, 0.25) is 10.0 Å². The van der Waals surface area contributed by atoms with Crippen LogP contribution in [0.15, 0.2) is 42.5 Å². The fourth-order valence-corrected chi connectivity index (χ4v) is 5.08. The largest absolute Gasteiger partial charge is 0.321 e. The molecule has 4 rings (SSSR count). The molecule has 2 aliphatic heterocycles. The van der Waals surface area contributed by atoms with Gasteiger partial charge >= 0.3 is 6.03 Å². The first-order valence-electron chi connectivity index (χ1n) is 9.83. The molecule has 0 aliphatic carbocycles. The summed E-state index contributed by atoms with van der Waals surface area (Å²) in [5, 5.41) is 1.13. The molecule has 29 heavy (non-hydrogen) atoms. The minimum absolute atomic E-state index is 0.00924. The van der Waals surface area contributed by atoms with E-state index in [1.165, 1.54) is 12.1 Å². The van der Waals surface area contributed by atoms with Crippen molar-refractivity contribution in [1.29, 1.82) is 0 Å². The second kappa shape index (κ2) is 8.13. The quantitative estimate of drug-likeness (QED) is 0.675. The molecule has 0 spiro atoms. The van der Waals surface area contributed by atoms with Crippen molar-refractivity contribution in [3.8, 4) is 0 Å². The summed E-state index contributed by atoms with van der Waals surface area (Å²) in [6, 6.07) is 12.0. The van der Waals surface area contributed by atoms with Gasteiger partial charge in [-0.05, 0) is 61.3 Å². The zero-order chi connectivity index (χ0) is 20.6. The van der Waals surface area contributed by atoms with Crippen molar-refractivity contribution in [2.24, 2.45) is 0 Å². The molecule has 0 N–H and O–H groups in total. The molecular formula is C22H24Cl2FN3O. The highest BCUT2D eigenvalue weighted by atomic mass is 35.5. The predicted molar refractivity (Wildman–Crippen MR) is 114 cm³/mol.